The van der Waals surface area contributed by atoms with Gasteiger partial charge in [0.1, 0.15) is 0 Å². The van der Waals surface area contributed by atoms with E-state index in [2.05, 4.69) is 150 Å². The van der Waals surface area contributed by atoms with E-state index in [1.807, 2.05) is 0 Å². The van der Waals surface area contributed by atoms with Gasteiger partial charge in [-0.25, -0.2) is 9.97 Å². The van der Waals surface area contributed by atoms with E-state index in [1.54, 1.807) is 0 Å². The average Bonchev–Trinajstić information content (AvgIpc) is 3.25. The molecular weight excluding hydrogens is 583 g/mol. The van der Waals surface area contributed by atoms with E-state index in [0.29, 0.717) is 11.9 Å². The van der Waals surface area contributed by atoms with Gasteiger partial charge in [-0.1, -0.05) is 121 Å². The summed E-state index contributed by atoms with van der Waals surface area (Å²) < 4.78 is 2.36. The van der Waals surface area contributed by atoms with Gasteiger partial charge in [0.05, 0.1) is 22.2 Å². The van der Waals surface area contributed by atoms with Crippen molar-refractivity contribution in [3.05, 3.63) is 162 Å². The number of benzene rings is 7. The van der Waals surface area contributed by atoms with E-state index < -0.39 is 0 Å². The van der Waals surface area contributed by atoms with Crippen LogP contribution in [-0.4, -0.2) is 14.5 Å². The quantitative estimate of drug-likeness (QED) is 0.195. The van der Waals surface area contributed by atoms with Crippen molar-refractivity contribution in [1.29, 1.82) is 0 Å². The van der Waals surface area contributed by atoms with Crippen LogP contribution < -0.4 is 0 Å². The van der Waals surface area contributed by atoms with Crippen molar-refractivity contribution in [3.8, 4) is 39.5 Å². The number of rotatable bonds is 2. The number of nitrogens with zero attached hydrogens (tertiary/aromatic N) is 3. The second-order valence-electron chi connectivity index (χ2n) is 13.2. The minimum absolute atomic E-state index is 0.353. The highest BCUT2D eigenvalue weighted by Crippen LogP contribution is 2.53. The fourth-order valence-corrected chi connectivity index (χ4v) is 8.73. The molecule has 0 radical (unpaired) electrons. The lowest BCUT2D eigenvalue weighted by atomic mass is 9.80. The Hall–Kier alpha value is -6.06. The summed E-state index contributed by atoms with van der Waals surface area (Å²) in [5, 5.41) is 5.94. The van der Waals surface area contributed by atoms with Crippen LogP contribution >= 0.6 is 0 Å². The maximum atomic E-state index is 5.49. The lowest BCUT2D eigenvalue weighted by Crippen LogP contribution is -2.07. The summed E-state index contributed by atoms with van der Waals surface area (Å²) in [5.74, 6) is 1.06. The van der Waals surface area contributed by atoms with E-state index in [0.717, 1.165) is 40.5 Å². The molecule has 0 amide bonds. The monoisotopic (exact) mass is 611 g/mol. The zero-order valence-electron chi connectivity index (χ0n) is 26.2. The SMILES string of the molecule is c1ccc2c(c1)-c1cc3c4ccccc4n(-c4nc(-c5ccc6ccccc6c5)c5ccccc5n4)c3c3c1CCC2c1ccccc1-3. The molecule has 0 N–H and O–H groups in total. The molecule has 2 bridgehead atoms. The van der Waals surface area contributed by atoms with Crippen LogP contribution in [0.2, 0.25) is 0 Å². The Morgan fingerprint density at radius 2 is 1.25 bits per heavy atom. The topological polar surface area (TPSA) is 30.7 Å². The Kier molecular flexibility index (Phi) is 5.28. The molecule has 2 aliphatic carbocycles. The van der Waals surface area contributed by atoms with Crippen LogP contribution in [0.5, 0.6) is 0 Å². The summed E-state index contributed by atoms with van der Waals surface area (Å²) in [5.41, 5.74) is 15.0. The molecule has 48 heavy (non-hydrogen) atoms. The third-order valence-corrected chi connectivity index (χ3v) is 10.8. The van der Waals surface area contributed by atoms with Crippen LogP contribution in [0.3, 0.4) is 0 Å². The molecule has 3 nitrogen and oxygen atoms in total. The van der Waals surface area contributed by atoms with Crippen molar-refractivity contribution in [2.45, 2.75) is 18.8 Å². The van der Waals surface area contributed by atoms with E-state index in [9.17, 15) is 0 Å². The molecule has 7 aromatic carbocycles. The van der Waals surface area contributed by atoms with Crippen molar-refractivity contribution in [2.75, 3.05) is 0 Å². The van der Waals surface area contributed by atoms with Crippen LogP contribution in [-0.2, 0) is 6.42 Å². The first-order chi connectivity index (χ1) is 23.8. The Morgan fingerprint density at radius 1 is 0.542 bits per heavy atom. The van der Waals surface area contributed by atoms with E-state index >= 15 is 0 Å². The van der Waals surface area contributed by atoms with E-state index in [1.165, 1.54) is 66.0 Å². The van der Waals surface area contributed by atoms with Gasteiger partial charge < -0.3 is 0 Å². The van der Waals surface area contributed by atoms with Crippen LogP contribution in [0, 0.1) is 0 Å². The van der Waals surface area contributed by atoms with Gasteiger partial charge in [0.15, 0.2) is 0 Å². The first-order valence-corrected chi connectivity index (χ1v) is 16.9. The normalized spacial score (nSPS) is 14.7. The molecule has 224 valence electrons. The molecule has 0 saturated carbocycles. The number of para-hydroxylation sites is 2. The van der Waals surface area contributed by atoms with Gasteiger partial charge in [0, 0.05) is 33.2 Å². The summed E-state index contributed by atoms with van der Waals surface area (Å²) in [7, 11) is 0. The first-order valence-electron chi connectivity index (χ1n) is 16.9. The summed E-state index contributed by atoms with van der Waals surface area (Å²) in [6.07, 6.45) is 2.12. The summed E-state index contributed by atoms with van der Waals surface area (Å²) in [6.45, 7) is 0. The third-order valence-electron chi connectivity index (χ3n) is 10.8. The molecule has 0 spiro atoms. The summed E-state index contributed by atoms with van der Waals surface area (Å²) in [6, 6.07) is 53.1. The predicted molar refractivity (Wildman–Crippen MR) is 198 cm³/mol. The largest absolute Gasteiger partial charge is 0.277 e. The lowest BCUT2D eigenvalue weighted by Gasteiger charge is -2.24. The maximum Gasteiger partial charge on any atom is 0.235 e. The molecule has 1 atom stereocenters. The Morgan fingerprint density at radius 3 is 2.15 bits per heavy atom. The van der Waals surface area contributed by atoms with Gasteiger partial charge in [-0.3, -0.25) is 4.57 Å². The second-order valence-corrected chi connectivity index (χ2v) is 13.2. The smallest absolute Gasteiger partial charge is 0.235 e. The van der Waals surface area contributed by atoms with Crippen molar-refractivity contribution >= 4 is 43.5 Å². The highest BCUT2D eigenvalue weighted by Gasteiger charge is 2.34. The molecule has 0 aliphatic heterocycles. The maximum absolute atomic E-state index is 5.49. The zero-order valence-corrected chi connectivity index (χ0v) is 26.2. The molecule has 9 aromatic rings. The number of fused-ring (bicyclic) bond motifs is 14. The Balaban J connectivity index is 1.30. The average molecular weight is 612 g/mol. The third kappa shape index (κ3) is 3.53. The molecule has 1 unspecified atom stereocenters. The van der Waals surface area contributed by atoms with Crippen molar-refractivity contribution < 1.29 is 0 Å². The standard InChI is InChI=1S/C45H29N3/c1-2-12-28-25-29(22-21-27(28)11-1)43-37-18-7-9-19-40(37)46-45(47-43)48-41-20-10-8-16-34(41)39-26-38-32-15-4-3-13-30(32)33-23-24-36(38)42(44(39)48)35-17-6-5-14-31(33)35/h1-22,25-26,33H,23-24H2. The van der Waals surface area contributed by atoms with Crippen molar-refractivity contribution in [2.24, 2.45) is 0 Å². The fourth-order valence-electron chi connectivity index (χ4n) is 8.73. The number of hydrogen-bond acceptors (Lipinski definition) is 2. The summed E-state index contributed by atoms with van der Waals surface area (Å²) >= 11 is 0. The summed E-state index contributed by atoms with van der Waals surface area (Å²) in [4.78, 5) is 10.8. The molecular formula is C45H29N3. The highest BCUT2D eigenvalue weighted by atomic mass is 15.2. The number of hydrogen-bond donors (Lipinski definition) is 0. The molecule has 2 aromatic heterocycles. The van der Waals surface area contributed by atoms with Crippen LogP contribution in [0.1, 0.15) is 29.0 Å². The molecule has 0 fully saturated rings. The van der Waals surface area contributed by atoms with Gasteiger partial charge in [-0.2, -0.15) is 0 Å². The zero-order chi connectivity index (χ0) is 31.3. The molecule has 2 aliphatic rings. The van der Waals surface area contributed by atoms with Gasteiger partial charge >= 0.3 is 0 Å². The van der Waals surface area contributed by atoms with Crippen LogP contribution in [0.15, 0.2) is 146 Å². The molecule has 2 heterocycles. The lowest BCUT2D eigenvalue weighted by molar-refractivity contribution is 0.736. The van der Waals surface area contributed by atoms with Crippen molar-refractivity contribution in [3.63, 3.8) is 0 Å². The fraction of sp³-hybridized carbons (Fsp3) is 0.0667. The van der Waals surface area contributed by atoms with Gasteiger partial charge in [0.25, 0.3) is 0 Å². The Labute approximate surface area is 277 Å². The minimum Gasteiger partial charge on any atom is -0.277 e. The van der Waals surface area contributed by atoms with Gasteiger partial charge in [-0.05, 0) is 81.3 Å². The minimum atomic E-state index is 0.353. The molecule has 11 rings (SSSR count). The first kappa shape index (κ1) is 26.1. The predicted octanol–water partition coefficient (Wildman–Crippen LogP) is 11.3. The second kappa shape index (κ2) is 9.73. The van der Waals surface area contributed by atoms with E-state index in [-0.39, 0.29) is 0 Å². The van der Waals surface area contributed by atoms with Crippen LogP contribution in [0.4, 0.5) is 0 Å². The Bertz CT molecular complexity index is 2800. The van der Waals surface area contributed by atoms with Gasteiger partial charge in [-0.15, -0.1) is 0 Å². The van der Waals surface area contributed by atoms with E-state index in [4.69, 9.17) is 9.97 Å². The van der Waals surface area contributed by atoms with Crippen molar-refractivity contribution in [1.82, 2.24) is 14.5 Å². The van der Waals surface area contributed by atoms with Gasteiger partial charge in [0.2, 0.25) is 5.95 Å². The molecule has 0 saturated heterocycles. The highest BCUT2D eigenvalue weighted by molar-refractivity contribution is 6.17. The number of aromatic nitrogens is 3. The van der Waals surface area contributed by atoms with Crippen LogP contribution in [0.25, 0.3) is 82.9 Å². The molecule has 3 heteroatoms.